The minimum Gasteiger partial charge on any atom is -0.480 e. The highest BCUT2D eigenvalue weighted by molar-refractivity contribution is 7.12. The minimum absolute atomic E-state index is 0.228. The van der Waals surface area contributed by atoms with Gasteiger partial charge in [0.2, 0.25) is 6.41 Å². The van der Waals surface area contributed by atoms with Gasteiger partial charge in [-0.3, -0.25) is 9.59 Å². The summed E-state index contributed by atoms with van der Waals surface area (Å²) in [7, 11) is 0. The highest BCUT2D eigenvalue weighted by Gasteiger charge is 2.21. The maximum atomic E-state index is 11.5. The SMILES string of the molecule is O=CNC(CC(=O)c1cccs1)C(=O)O. The van der Waals surface area contributed by atoms with Gasteiger partial charge in [0.1, 0.15) is 6.04 Å². The summed E-state index contributed by atoms with van der Waals surface area (Å²) in [6, 6.07) is 2.17. The topological polar surface area (TPSA) is 83.5 Å². The number of amides is 1. The van der Waals surface area contributed by atoms with Crippen LogP contribution in [0.5, 0.6) is 0 Å². The van der Waals surface area contributed by atoms with Crippen molar-refractivity contribution in [2.45, 2.75) is 12.5 Å². The van der Waals surface area contributed by atoms with Crippen LogP contribution in [0.2, 0.25) is 0 Å². The molecule has 0 saturated heterocycles. The van der Waals surface area contributed by atoms with Gasteiger partial charge in [-0.05, 0) is 11.4 Å². The summed E-state index contributed by atoms with van der Waals surface area (Å²) < 4.78 is 0. The summed E-state index contributed by atoms with van der Waals surface area (Å²) in [5, 5.41) is 12.5. The van der Waals surface area contributed by atoms with Crippen molar-refractivity contribution in [3.8, 4) is 0 Å². The van der Waals surface area contributed by atoms with Crippen LogP contribution in [0.4, 0.5) is 0 Å². The number of carboxylic acid groups (broad SMARTS) is 1. The summed E-state index contributed by atoms with van der Waals surface area (Å²) in [6.07, 6.45) is 0.0507. The number of hydrogen-bond acceptors (Lipinski definition) is 4. The number of ketones is 1. The highest BCUT2D eigenvalue weighted by Crippen LogP contribution is 2.12. The summed E-state index contributed by atoms with van der Waals surface area (Å²) >= 11 is 1.24. The number of carboxylic acids is 1. The molecule has 1 amide bonds. The Kier molecular flexibility index (Phi) is 3.99. The fourth-order valence-corrected chi connectivity index (χ4v) is 1.70. The van der Waals surface area contributed by atoms with Gasteiger partial charge in [0.05, 0.1) is 4.88 Å². The standard InChI is InChI=1S/C9H9NO4S/c11-5-10-6(9(13)14)4-7(12)8-2-1-3-15-8/h1-3,5-6H,4H2,(H,10,11)(H,13,14). The van der Waals surface area contributed by atoms with Gasteiger partial charge in [0.25, 0.3) is 0 Å². The smallest absolute Gasteiger partial charge is 0.326 e. The van der Waals surface area contributed by atoms with E-state index in [1.807, 2.05) is 0 Å². The van der Waals surface area contributed by atoms with E-state index in [9.17, 15) is 14.4 Å². The van der Waals surface area contributed by atoms with E-state index in [1.54, 1.807) is 17.5 Å². The second-order valence-corrected chi connectivity index (χ2v) is 3.73. The summed E-state index contributed by atoms with van der Waals surface area (Å²) in [5.41, 5.74) is 0. The minimum atomic E-state index is -1.22. The van der Waals surface area contributed by atoms with Crippen molar-refractivity contribution in [2.24, 2.45) is 0 Å². The molecule has 6 heteroatoms. The normalized spacial score (nSPS) is 11.7. The molecule has 0 fully saturated rings. The average molecular weight is 227 g/mol. The lowest BCUT2D eigenvalue weighted by Gasteiger charge is -2.08. The van der Waals surface area contributed by atoms with Gasteiger partial charge in [-0.25, -0.2) is 4.79 Å². The molecule has 1 aromatic rings. The van der Waals surface area contributed by atoms with Gasteiger partial charge in [-0.1, -0.05) is 6.07 Å². The van der Waals surface area contributed by atoms with Crippen LogP contribution < -0.4 is 5.32 Å². The van der Waals surface area contributed by atoms with E-state index < -0.39 is 12.0 Å². The van der Waals surface area contributed by atoms with Gasteiger partial charge in [-0.15, -0.1) is 11.3 Å². The number of carbonyl (C=O) groups excluding carboxylic acids is 2. The maximum absolute atomic E-state index is 11.5. The van der Waals surface area contributed by atoms with Crippen LogP contribution in [-0.2, 0) is 9.59 Å². The fraction of sp³-hybridized carbons (Fsp3) is 0.222. The quantitative estimate of drug-likeness (QED) is 0.548. The molecule has 1 heterocycles. The Labute approximate surface area is 89.7 Å². The number of rotatable bonds is 6. The first-order valence-electron chi connectivity index (χ1n) is 4.14. The lowest BCUT2D eigenvalue weighted by Crippen LogP contribution is -2.37. The zero-order chi connectivity index (χ0) is 11.3. The Morgan fingerprint density at radius 1 is 1.60 bits per heavy atom. The van der Waals surface area contributed by atoms with Crippen molar-refractivity contribution in [1.29, 1.82) is 0 Å². The van der Waals surface area contributed by atoms with Crippen LogP contribution in [0, 0.1) is 0 Å². The molecule has 0 aromatic carbocycles. The Hall–Kier alpha value is -1.69. The maximum Gasteiger partial charge on any atom is 0.326 e. The molecule has 0 aliphatic carbocycles. The fourth-order valence-electron chi connectivity index (χ4n) is 1.02. The van der Waals surface area contributed by atoms with Crippen molar-refractivity contribution in [3.05, 3.63) is 22.4 Å². The van der Waals surface area contributed by atoms with Crippen molar-refractivity contribution in [3.63, 3.8) is 0 Å². The monoisotopic (exact) mass is 227 g/mol. The highest BCUT2D eigenvalue weighted by atomic mass is 32.1. The Bertz CT molecular complexity index is 360. The molecule has 1 rings (SSSR count). The molecule has 1 aromatic heterocycles. The number of nitrogens with one attached hydrogen (secondary N) is 1. The first kappa shape index (κ1) is 11.4. The third-order valence-electron chi connectivity index (χ3n) is 1.75. The van der Waals surface area contributed by atoms with Crippen LogP contribution >= 0.6 is 11.3 Å². The molecule has 0 radical (unpaired) electrons. The average Bonchev–Trinajstić information content (AvgIpc) is 2.69. The number of carbonyl (C=O) groups is 3. The molecule has 2 N–H and O–H groups in total. The van der Waals surface area contributed by atoms with E-state index in [4.69, 9.17) is 5.11 Å². The molecule has 0 aliphatic heterocycles. The summed E-state index contributed by atoms with van der Waals surface area (Å²) in [6.45, 7) is 0. The first-order chi connectivity index (χ1) is 7.15. The van der Waals surface area contributed by atoms with Crippen molar-refractivity contribution in [1.82, 2.24) is 5.32 Å². The molecule has 15 heavy (non-hydrogen) atoms. The predicted molar refractivity (Wildman–Crippen MR) is 53.9 cm³/mol. The van der Waals surface area contributed by atoms with Crippen LogP contribution in [-0.4, -0.2) is 29.3 Å². The third kappa shape index (κ3) is 3.17. The predicted octanol–water partition coefficient (Wildman–Crippen LogP) is 0.520. The van der Waals surface area contributed by atoms with E-state index >= 15 is 0 Å². The van der Waals surface area contributed by atoms with E-state index in [1.165, 1.54) is 11.3 Å². The Balaban J connectivity index is 2.62. The van der Waals surface area contributed by atoms with Gasteiger partial charge < -0.3 is 10.4 Å². The molecule has 1 unspecified atom stereocenters. The van der Waals surface area contributed by atoms with E-state index in [0.717, 1.165) is 0 Å². The molecule has 5 nitrogen and oxygen atoms in total. The molecule has 80 valence electrons. The van der Waals surface area contributed by atoms with Crippen LogP contribution in [0.1, 0.15) is 16.1 Å². The van der Waals surface area contributed by atoms with E-state index in [-0.39, 0.29) is 18.6 Å². The molecule has 0 bridgehead atoms. The lowest BCUT2D eigenvalue weighted by molar-refractivity contribution is -0.140. The number of thiophene rings is 1. The summed E-state index contributed by atoms with van der Waals surface area (Å²) in [5.74, 6) is -1.50. The van der Waals surface area contributed by atoms with Gasteiger partial charge in [-0.2, -0.15) is 0 Å². The second-order valence-electron chi connectivity index (χ2n) is 2.78. The second kappa shape index (κ2) is 5.26. The molecule has 0 spiro atoms. The largest absolute Gasteiger partial charge is 0.480 e. The van der Waals surface area contributed by atoms with Gasteiger partial charge >= 0.3 is 5.97 Å². The lowest BCUT2D eigenvalue weighted by atomic mass is 10.1. The molecule has 1 atom stereocenters. The molecular weight excluding hydrogens is 218 g/mol. The zero-order valence-corrected chi connectivity index (χ0v) is 8.49. The summed E-state index contributed by atoms with van der Waals surface area (Å²) in [4.78, 5) is 32.7. The Morgan fingerprint density at radius 2 is 2.33 bits per heavy atom. The Morgan fingerprint density at radius 3 is 2.80 bits per heavy atom. The zero-order valence-electron chi connectivity index (χ0n) is 7.67. The van der Waals surface area contributed by atoms with Gasteiger partial charge in [0.15, 0.2) is 5.78 Å². The van der Waals surface area contributed by atoms with Crippen molar-refractivity contribution in [2.75, 3.05) is 0 Å². The van der Waals surface area contributed by atoms with E-state index in [2.05, 4.69) is 5.32 Å². The van der Waals surface area contributed by atoms with Crippen molar-refractivity contribution < 1.29 is 19.5 Å². The number of hydrogen-bond donors (Lipinski definition) is 2. The van der Waals surface area contributed by atoms with E-state index in [0.29, 0.717) is 4.88 Å². The molecule has 0 aliphatic rings. The van der Waals surface area contributed by atoms with Crippen molar-refractivity contribution >= 4 is 29.5 Å². The number of Topliss-reactive ketones (excluding diaryl/α,β-unsaturated/α-hetero) is 1. The first-order valence-corrected chi connectivity index (χ1v) is 5.02. The van der Waals surface area contributed by atoms with Gasteiger partial charge in [0, 0.05) is 6.42 Å². The molecular formula is C9H9NO4S. The van der Waals surface area contributed by atoms with Crippen LogP contribution in [0.15, 0.2) is 17.5 Å². The van der Waals surface area contributed by atoms with Crippen LogP contribution in [0.3, 0.4) is 0 Å². The number of aliphatic carboxylic acids is 1. The third-order valence-corrected chi connectivity index (χ3v) is 2.66. The molecule has 0 saturated carbocycles. The van der Waals surface area contributed by atoms with Crippen LogP contribution in [0.25, 0.3) is 0 Å².